The van der Waals surface area contributed by atoms with Crippen LogP contribution in [0.1, 0.15) is 0 Å². The number of hydrogen-bond donors (Lipinski definition) is 0. The highest BCUT2D eigenvalue weighted by Crippen LogP contribution is 2.30. The molecule has 1 aliphatic rings. The van der Waals surface area contributed by atoms with E-state index in [9.17, 15) is 9.59 Å². The maximum absolute atomic E-state index is 11.8. The van der Waals surface area contributed by atoms with Crippen LogP contribution in [0.3, 0.4) is 0 Å². The van der Waals surface area contributed by atoms with Crippen LogP contribution in [0.25, 0.3) is 0 Å². The summed E-state index contributed by atoms with van der Waals surface area (Å²) in [6.45, 7) is 0. The number of nitrogens with zero attached hydrogens (tertiary/aromatic N) is 1. The minimum absolute atomic E-state index is 0.365. The molecule has 2 amide bonds. The molecule has 0 aliphatic carbocycles. The molecule has 1 aliphatic heterocycles. The van der Waals surface area contributed by atoms with E-state index in [-0.39, 0.29) is 11.8 Å². The van der Waals surface area contributed by atoms with E-state index in [0.717, 1.165) is 10.6 Å². The van der Waals surface area contributed by atoms with Crippen molar-refractivity contribution in [2.75, 3.05) is 4.90 Å². The summed E-state index contributed by atoms with van der Waals surface area (Å²) in [5, 5.41) is 0. The van der Waals surface area contributed by atoms with Crippen LogP contribution in [0.4, 0.5) is 5.69 Å². The molecule has 4 rings (SSSR count). The summed E-state index contributed by atoms with van der Waals surface area (Å²) in [5.41, 5.74) is 0.462. The second kappa shape index (κ2) is 7.17. The van der Waals surface area contributed by atoms with Gasteiger partial charge < -0.3 is 9.47 Å². The van der Waals surface area contributed by atoms with Gasteiger partial charge in [0.1, 0.15) is 23.0 Å². The van der Waals surface area contributed by atoms with Crippen molar-refractivity contribution in [3.8, 4) is 23.0 Å². The van der Waals surface area contributed by atoms with Gasteiger partial charge in [0, 0.05) is 24.3 Å². The second-order valence-corrected chi connectivity index (χ2v) is 5.83. The lowest BCUT2D eigenvalue weighted by atomic mass is 10.2. The lowest BCUT2D eigenvalue weighted by Crippen LogP contribution is -2.29. The van der Waals surface area contributed by atoms with Gasteiger partial charge in [-0.15, -0.1) is 0 Å². The normalized spacial score (nSPS) is 13.1. The number of benzene rings is 3. The first-order valence-electron chi connectivity index (χ1n) is 8.36. The summed E-state index contributed by atoms with van der Waals surface area (Å²) in [6.07, 6.45) is 2.50. The van der Waals surface area contributed by atoms with Gasteiger partial charge in [0.05, 0.1) is 5.69 Å². The zero-order valence-corrected chi connectivity index (χ0v) is 14.2. The van der Waals surface area contributed by atoms with E-state index in [1.165, 1.54) is 12.2 Å². The molecule has 0 N–H and O–H groups in total. The molecule has 0 bridgehead atoms. The van der Waals surface area contributed by atoms with Crippen molar-refractivity contribution in [2.24, 2.45) is 0 Å². The minimum Gasteiger partial charge on any atom is -0.457 e. The number of carbonyl (C=O) groups excluding carboxylic acids is 2. The Labute approximate surface area is 156 Å². The average molecular weight is 357 g/mol. The highest BCUT2D eigenvalue weighted by atomic mass is 16.5. The maximum atomic E-state index is 11.8. The highest BCUT2D eigenvalue weighted by Gasteiger charge is 2.25. The van der Waals surface area contributed by atoms with E-state index >= 15 is 0 Å². The summed E-state index contributed by atoms with van der Waals surface area (Å²) in [6, 6.07) is 23.5. The number of ether oxygens (including phenoxy) is 2. The molecule has 27 heavy (non-hydrogen) atoms. The number of anilines is 1. The first-order valence-corrected chi connectivity index (χ1v) is 8.36. The standard InChI is InChI=1S/C22H15NO4/c24-21-12-13-22(25)23(21)16-6-4-9-18(14-16)27-20-11-5-10-19(15-20)26-17-7-2-1-3-8-17/h1-15H. The molecule has 0 saturated heterocycles. The Morgan fingerprint density at radius 2 is 1.07 bits per heavy atom. The van der Waals surface area contributed by atoms with Crippen LogP contribution in [0.2, 0.25) is 0 Å². The van der Waals surface area contributed by atoms with Gasteiger partial charge in [0.2, 0.25) is 0 Å². The van der Waals surface area contributed by atoms with Crippen LogP contribution >= 0.6 is 0 Å². The van der Waals surface area contributed by atoms with Gasteiger partial charge >= 0.3 is 0 Å². The molecule has 132 valence electrons. The van der Waals surface area contributed by atoms with Crippen molar-refractivity contribution in [1.29, 1.82) is 0 Å². The Hall–Kier alpha value is -3.86. The molecule has 3 aromatic carbocycles. The van der Waals surface area contributed by atoms with E-state index in [1.54, 1.807) is 36.4 Å². The van der Waals surface area contributed by atoms with E-state index in [2.05, 4.69) is 0 Å². The predicted molar refractivity (Wildman–Crippen MR) is 101 cm³/mol. The second-order valence-electron chi connectivity index (χ2n) is 5.83. The topological polar surface area (TPSA) is 55.8 Å². The van der Waals surface area contributed by atoms with Crippen LogP contribution in [0.5, 0.6) is 23.0 Å². The number of para-hydroxylation sites is 1. The summed E-state index contributed by atoms with van der Waals surface area (Å²) in [4.78, 5) is 24.8. The molecule has 1 heterocycles. The van der Waals surface area contributed by atoms with Crippen molar-refractivity contribution >= 4 is 17.5 Å². The molecule has 0 radical (unpaired) electrons. The van der Waals surface area contributed by atoms with Crippen LogP contribution < -0.4 is 14.4 Å². The first-order chi connectivity index (χ1) is 13.2. The van der Waals surface area contributed by atoms with Crippen molar-refractivity contribution in [3.05, 3.63) is 91.0 Å². The third-order valence-corrected chi connectivity index (χ3v) is 3.91. The molecule has 3 aromatic rings. The zero-order valence-electron chi connectivity index (χ0n) is 14.2. The Balaban J connectivity index is 1.53. The smallest absolute Gasteiger partial charge is 0.258 e. The molecule has 5 nitrogen and oxygen atoms in total. The summed E-state index contributed by atoms with van der Waals surface area (Å²) >= 11 is 0. The third-order valence-electron chi connectivity index (χ3n) is 3.91. The lowest BCUT2D eigenvalue weighted by Gasteiger charge is -2.15. The Morgan fingerprint density at radius 3 is 1.74 bits per heavy atom. The zero-order chi connectivity index (χ0) is 18.6. The van der Waals surface area contributed by atoms with Gasteiger partial charge in [-0.1, -0.05) is 30.3 Å². The quantitative estimate of drug-likeness (QED) is 0.621. The van der Waals surface area contributed by atoms with Crippen LogP contribution in [-0.4, -0.2) is 11.8 Å². The van der Waals surface area contributed by atoms with Gasteiger partial charge in [-0.05, 0) is 36.4 Å². The van der Waals surface area contributed by atoms with Crippen LogP contribution in [-0.2, 0) is 9.59 Å². The number of amides is 2. The minimum atomic E-state index is -0.365. The summed E-state index contributed by atoms with van der Waals surface area (Å²) < 4.78 is 11.7. The van der Waals surface area contributed by atoms with E-state index in [4.69, 9.17) is 9.47 Å². The van der Waals surface area contributed by atoms with Gasteiger partial charge in [-0.3, -0.25) is 9.59 Å². The van der Waals surface area contributed by atoms with Crippen molar-refractivity contribution in [1.82, 2.24) is 0 Å². The molecule has 0 saturated carbocycles. The van der Waals surface area contributed by atoms with Gasteiger partial charge in [0.25, 0.3) is 11.8 Å². The average Bonchev–Trinajstić information content (AvgIpc) is 3.01. The van der Waals surface area contributed by atoms with E-state index < -0.39 is 0 Å². The molecule has 0 atom stereocenters. The SMILES string of the molecule is O=C1C=CC(=O)N1c1cccc(Oc2cccc(Oc3ccccc3)c2)c1. The maximum Gasteiger partial charge on any atom is 0.258 e. The number of rotatable bonds is 5. The Morgan fingerprint density at radius 1 is 0.556 bits per heavy atom. The Kier molecular flexibility index (Phi) is 4.41. The third kappa shape index (κ3) is 3.72. The van der Waals surface area contributed by atoms with Gasteiger partial charge in [-0.25, -0.2) is 4.90 Å². The molecular formula is C22H15NO4. The number of carbonyl (C=O) groups is 2. The highest BCUT2D eigenvalue weighted by molar-refractivity contribution is 6.28. The molecule has 0 unspecified atom stereocenters. The predicted octanol–water partition coefficient (Wildman–Crippen LogP) is 4.70. The molecule has 0 aromatic heterocycles. The Bertz CT molecular complexity index is 1010. The van der Waals surface area contributed by atoms with E-state index in [1.807, 2.05) is 42.5 Å². The molecule has 0 spiro atoms. The van der Waals surface area contributed by atoms with Gasteiger partial charge in [0.15, 0.2) is 0 Å². The first kappa shape index (κ1) is 16.6. The molecule has 0 fully saturated rings. The summed E-state index contributed by atoms with van der Waals surface area (Å²) in [7, 11) is 0. The fraction of sp³-hybridized carbons (Fsp3) is 0. The number of imide groups is 1. The van der Waals surface area contributed by atoms with Crippen LogP contribution in [0, 0.1) is 0 Å². The summed E-state index contributed by atoms with van der Waals surface area (Å²) in [5.74, 6) is 1.74. The van der Waals surface area contributed by atoms with Crippen molar-refractivity contribution < 1.29 is 19.1 Å². The fourth-order valence-electron chi connectivity index (χ4n) is 2.70. The van der Waals surface area contributed by atoms with Crippen LogP contribution in [0.15, 0.2) is 91.0 Å². The van der Waals surface area contributed by atoms with E-state index in [0.29, 0.717) is 22.9 Å². The van der Waals surface area contributed by atoms with Gasteiger partial charge in [-0.2, -0.15) is 0 Å². The molecular weight excluding hydrogens is 342 g/mol. The van der Waals surface area contributed by atoms with Crippen molar-refractivity contribution in [2.45, 2.75) is 0 Å². The fourth-order valence-corrected chi connectivity index (χ4v) is 2.70. The number of hydrogen-bond acceptors (Lipinski definition) is 4. The van der Waals surface area contributed by atoms with Crippen molar-refractivity contribution in [3.63, 3.8) is 0 Å². The lowest BCUT2D eigenvalue weighted by molar-refractivity contribution is -0.119. The molecule has 5 heteroatoms. The largest absolute Gasteiger partial charge is 0.457 e. The monoisotopic (exact) mass is 357 g/mol.